The molecule has 0 N–H and O–H groups in total. The number of hydrogen-bond acceptors (Lipinski definition) is 8. The SMILES string of the molecule is COc1cc2c3c(c1)Oc1c(OC)c(OC)cc4c1C(Cc1ccc(OC)c(c1)Oc1ccc(cc1)CC3N(C)CC2)N(C)CC4. The Morgan fingerprint density at radius 3 is 1.93 bits per heavy atom. The molecule has 46 heavy (non-hydrogen) atoms. The van der Waals surface area contributed by atoms with E-state index >= 15 is 0 Å². The highest BCUT2D eigenvalue weighted by atomic mass is 16.5. The molecule has 0 aliphatic carbocycles. The van der Waals surface area contributed by atoms with Gasteiger partial charge in [0.15, 0.2) is 23.0 Å². The quantitative estimate of drug-likeness (QED) is 0.238. The average Bonchev–Trinajstić information content (AvgIpc) is 3.07. The van der Waals surface area contributed by atoms with E-state index in [9.17, 15) is 0 Å². The first kappa shape index (κ1) is 30.3. The summed E-state index contributed by atoms with van der Waals surface area (Å²) in [6.07, 6.45) is 3.31. The summed E-state index contributed by atoms with van der Waals surface area (Å²) in [7, 11) is 11.1. The number of methoxy groups -OCH3 is 4. The fraction of sp³-hybridized carbons (Fsp3) is 0.368. The zero-order valence-corrected chi connectivity index (χ0v) is 27.5. The Kier molecular flexibility index (Phi) is 8.17. The lowest BCUT2D eigenvalue weighted by Gasteiger charge is -2.38. The number of benzene rings is 4. The lowest BCUT2D eigenvalue weighted by molar-refractivity contribution is 0.216. The monoisotopic (exact) mass is 622 g/mol. The molecule has 4 aromatic rings. The van der Waals surface area contributed by atoms with Gasteiger partial charge in [0.2, 0.25) is 5.75 Å². The van der Waals surface area contributed by atoms with Crippen LogP contribution in [0.3, 0.4) is 0 Å². The molecule has 0 saturated heterocycles. The van der Waals surface area contributed by atoms with Crippen LogP contribution in [0.5, 0.6) is 46.0 Å². The van der Waals surface area contributed by atoms with Gasteiger partial charge in [0.25, 0.3) is 0 Å². The first-order valence-electron chi connectivity index (χ1n) is 15.9. The van der Waals surface area contributed by atoms with Gasteiger partial charge in [0.1, 0.15) is 17.2 Å². The maximum Gasteiger partial charge on any atom is 0.204 e. The van der Waals surface area contributed by atoms with Gasteiger partial charge in [0, 0.05) is 42.4 Å². The highest BCUT2D eigenvalue weighted by molar-refractivity contribution is 5.64. The van der Waals surface area contributed by atoms with Crippen molar-refractivity contribution in [1.82, 2.24) is 9.80 Å². The van der Waals surface area contributed by atoms with Gasteiger partial charge < -0.3 is 28.4 Å². The molecular formula is C38H42N2O6. The maximum atomic E-state index is 7.20. The van der Waals surface area contributed by atoms with E-state index in [4.69, 9.17) is 28.4 Å². The lowest BCUT2D eigenvalue weighted by atomic mass is 9.86. The second-order valence-electron chi connectivity index (χ2n) is 12.4. The lowest BCUT2D eigenvalue weighted by Crippen LogP contribution is -2.34. The minimum Gasteiger partial charge on any atom is -0.497 e. The van der Waals surface area contributed by atoms with E-state index in [0.717, 1.165) is 67.1 Å². The summed E-state index contributed by atoms with van der Waals surface area (Å²) >= 11 is 0. The van der Waals surface area contributed by atoms with Crippen LogP contribution >= 0.6 is 0 Å². The highest BCUT2D eigenvalue weighted by Crippen LogP contribution is 2.52. The Balaban J connectivity index is 1.49. The van der Waals surface area contributed by atoms with Crippen LogP contribution in [-0.4, -0.2) is 65.4 Å². The molecule has 8 heteroatoms. The Morgan fingerprint density at radius 1 is 0.609 bits per heavy atom. The predicted molar refractivity (Wildman–Crippen MR) is 178 cm³/mol. The standard InChI is InChI=1S/C38H42N2O6/c1-39-15-13-25-20-28(41-3)22-33-35(25)29(39)17-23-7-10-27(11-8-23)45-32-19-24(9-12-31(32)42-4)18-30-36-26(14-16-40(30)2)21-34(43-5)37(44-6)38(36)46-33/h7-12,19-22,29-30H,13-18H2,1-6H3. The summed E-state index contributed by atoms with van der Waals surface area (Å²) in [5.74, 6) is 5.65. The summed E-state index contributed by atoms with van der Waals surface area (Å²) in [5.41, 5.74) is 7.06. The molecule has 0 saturated carbocycles. The van der Waals surface area contributed by atoms with Crippen LogP contribution in [-0.2, 0) is 25.7 Å². The minimum atomic E-state index is 0.00857. The molecule has 8 rings (SSSR count). The van der Waals surface area contributed by atoms with Crippen molar-refractivity contribution in [2.75, 3.05) is 55.6 Å². The first-order valence-corrected chi connectivity index (χ1v) is 15.9. The van der Waals surface area contributed by atoms with Gasteiger partial charge in [-0.2, -0.15) is 0 Å². The van der Waals surface area contributed by atoms with Gasteiger partial charge in [-0.05, 0) is 98.4 Å². The second kappa shape index (κ2) is 12.4. The van der Waals surface area contributed by atoms with Crippen LogP contribution in [0.4, 0.5) is 0 Å². The van der Waals surface area contributed by atoms with Crippen molar-refractivity contribution in [2.45, 2.75) is 37.8 Å². The number of fused-ring (bicyclic) bond motifs is 2. The van der Waals surface area contributed by atoms with E-state index in [1.54, 1.807) is 28.4 Å². The van der Waals surface area contributed by atoms with Crippen molar-refractivity contribution in [3.05, 3.63) is 94.0 Å². The molecule has 0 amide bonds. The number of rotatable bonds is 4. The number of likely N-dealkylation sites (N-methyl/N-ethyl adjacent to an activating group) is 2. The summed E-state index contributed by atoms with van der Waals surface area (Å²) in [5, 5.41) is 0. The van der Waals surface area contributed by atoms with Gasteiger partial charge in [-0.25, -0.2) is 0 Å². The number of ether oxygens (including phenoxy) is 6. The molecule has 4 aliphatic heterocycles. The van der Waals surface area contributed by atoms with Gasteiger partial charge in [-0.15, -0.1) is 0 Å². The third kappa shape index (κ3) is 5.39. The third-order valence-electron chi connectivity index (χ3n) is 9.83. The van der Waals surface area contributed by atoms with Crippen LogP contribution in [0.2, 0.25) is 0 Å². The molecule has 4 aliphatic rings. The Morgan fingerprint density at radius 2 is 1.26 bits per heavy atom. The molecule has 0 fully saturated rings. The van der Waals surface area contributed by atoms with Crippen LogP contribution in [0, 0.1) is 0 Å². The average molecular weight is 623 g/mol. The van der Waals surface area contributed by atoms with Crippen molar-refractivity contribution < 1.29 is 28.4 Å². The maximum absolute atomic E-state index is 7.20. The first-order chi connectivity index (χ1) is 22.4. The molecule has 2 unspecified atom stereocenters. The molecule has 4 aromatic carbocycles. The van der Waals surface area contributed by atoms with Crippen molar-refractivity contribution in [2.24, 2.45) is 0 Å². The molecule has 2 atom stereocenters. The van der Waals surface area contributed by atoms with Crippen LogP contribution in [0.1, 0.15) is 45.5 Å². The summed E-state index contributed by atoms with van der Waals surface area (Å²) in [6.45, 7) is 1.84. The zero-order valence-electron chi connectivity index (χ0n) is 27.5. The molecule has 240 valence electrons. The van der Waals surface area contributed by atoms with E-state index in [-0.39, 0.29) is 12.1 Å². The summed E-state index contributed by atoms with van der Waals surface area (Å²) in [6, 6.07) is 21.0. The molecule has 8 nitrogen and oxygen atoms in total. The van der Waals surface area contributed by atoms with Crippen molar-refractivity contribution >= 4 is 0 Å². The number of hydrogen-bond donors (Lipinski definition) is 0. The molecular weight excluding hydrogens is 580 g/mol. The van der Waals surface area contributed by atoms with E-state index < -0.39 is 0 Å². The molecule has 0 aromatic heterocycles. The molecule has 0 radical (unpaired) electrons. The smallest absolute Gasteiger partial charge is 0.204 e. The van der Waals surface area contributed by atoms with Crippen LogP contribution in [0.15, 0.2) is 60.7 Å². The van der Waals surface area contributed by atoms with Crippen LogP contribution in [0.25, 0.3) is 0 Å². The van der Waals surface area contributed by atoms with Crippen molar-refractivity contribution in [1.29, 1.82) is 0 Å². The summed E-state index contributed by atoms with van der Waals surface area (Å²) < 4.78 is 37.2. The summed E-state index contributed by atoms with van der Waals surface area (Å²) in [4.78, 5) is 4.82. The van der Waals surface area contributed by atoms with Gasteiger partial charge in [0.05, 0.1) is 28.4 Å². The topological polar surface area (TPSA) is 61.9 Å². The van der Waals surface area contributed by atoms with Gasteiger partial charge in [-0.1, -0.05) is 18.2 Å². The predicted octanol–water partition coefficient (Wildman–Crippen LogP) is 7.16. The molecule has 0 spiro atoms. The largest absolute Gasteiger partial charge is 0.497 e. The zero-order chi connectivity index (χ0) is 31.9. The minimum absolute atomic E-state index is 0.00857. The fourth-order valence-corrected chi connectivity index (χ4v) is 7.31. The van der Waals surface area contributed by atoms with E-state index in [1.165, 1.54) is 22.3 Å². The Bertz CT molecular complexity index is 1750. The van der Waals surface area contributed by atoms with E-state index in [0.29, 0.717) is 28.7 Å². The van der Waals surface area contributed by atoms with Crippen molar-refractivity contribution in [3.8, 4) is 46.0 Å². The Labute approximate surface area is 271 Å². The second-order valence-corrected chi connectivity index (χ2v) is 12.4. The fourth-order valence-electron chi connectivity index (χ4n) is 7.31. The van der Waals surface area contributed by atoms with E-state index in [1.807, 2.05) is 24.3 Å². The molecule has 4 bridgehead atoms. The van der Waals surface area contributed by atoms with Crippen molar-refractivity contribution in [3.63, 3.8) is 0 Å². The molecule has 4 heterocycles. The highest BCUT2D eigenvalue weighted by Gasteiger charge is 2.35. The normalized spacial score (nSPS) is 19.2. The number of nitrogens with zero attached hydrogens (tertiary/aromatic N) is 2. The third-order valence-corrected chi connectivity index (χ3v) is 9.83. The van der Waals surface area contributed by atoms with Gasteiger partial charge >= 0.3 is 0 Å². The van der Waals surface area contributed by atoms with Gasteiger partial charge in [-0.3, -0.25) is 9.80 Å². The van der Waals surface area contributed by atoms with E-state index in [2.05, 4.69) is 60.3 Å². The Hall–Kier alpha value is -4.40. The van der Waals surface area contributed by atoms with Crippen LogP contribution < -0.4 is 28.4 Å².